The lowest BCUT2D eigenvalue weighted by atomic mass is 9.88. The Morgan fingerprint density at radius 3 is 2.44 bits per heavy atom. The summed E-state index contributed by atoms with van der Waals surface area (Å²) in [5.41, 5.74) is 2.89. The van der Waals surface area contributed by atoms with Crippen LogP contribution in [0.5, 0.6) is 0 Å². The van der Waals surface area contributed by atoms with Crippen molar-refractivity contribution in [3.05, 3.63) is 65.4 Å². The molecule has 0 radical (unpaired) electrons. The fraction of sp³-hybridized carbons (Fsp3) is 0.545. The quantitative estimate of drug-likeness (QED) is 0.136. The van der Waals surface area contributed by atoms with Gasteiger partial charge in [-0.1, -0.05) is 50.6 Å². The molecule has 0 saturated carbocycles. The summed E-state index contributed by atoms with van der Waals surface area (Å²) in [4.78, 5) is 33.6. The van der Waals surface area contributed by atoms with Crippen LogP contribution in [-0.4, -0.2) is 79.8 Å². The van der Waals surface area contributed by atoms with Crippen LogP contribution < -0.4 is 10.6 Å². The number of nitrogens with zero attached hydrogens (tertiary/aromatic N) is 3. The molecule has 1 aromatic carbocycles. The lowest BCUT2D eigenvalue weighted by Gasteiger charge is -2.40. The number of halogens is 1. The van der Waals surface area contributed by atoms with E-state index in [-0.39, 0.29) is 18.1 Å². The second kappa shape index (κ2) is 17.1. The molecule has 1 saturated heterocycles. The summed E-state index contributed by atoms with van der Waals surface area (Å²) in [6.45, 7) is 23.2. The summed E-state index contributed by atoms with van der Waals surface area (Å²) in [5, 5.41) is 6.48. The molecule has 1 fully saturated rings. The van der Waals surface area contributed by atoms with Gasteiger partial charge < -0.3 is 25.0 Å². The molecule has 10 heteroatoms. The van der Waals surface area contributed by atoms with Gasteiger partial charge >= 0.3 is 12.2 Å². The Morgan fingerprint density at radius 1 is 1.19 bits per heavy atom. The van der Waals surface area contributed by atoms with E-state index in [0.29, 0.717) is 56.2 Å². The predicted octanol–water partition coefficient (Wildman–Crippen LogP) is 6.82. The molecule has 238 valence electrons. The van der Waals surface area contributed by atoms with Crippen LogP contribution in [0.1, 0.15) is 71.6 Å². The highest BCUT2D eigenvalue weighted by atomic mass is 35.5. The molecule has 43 heavy (non-hydrogen) atoms. The van der Waals surface area contributed by atoms with E-state index in [0.717, 1.165) is 16.7 Å². The third-order valence-corrected chi connectivity index (χ3v) is 7.51. The Bertz CT molecular complexity index is 1170. The zero-order valence-corrected chi connectivity index (χ0v) is 27.7. The maximum absolute atomic E-state index is 13.0. The number of carbonyl (C=O) groups excluding carboxylic acids is 2. The molecule has 1 aromatic rings. The monoisotopic (exact) mass is 615 g/mol. The Labute approximate surface area is 263 Å². The SMILES string of the molecule is C=C(C)C[C@H](c1ccc(Cl)cc1C(=C)[C@H](/C=C/NC=NC)NC(=O)OC(C)(C)CC)N1CCN(C(=O)OCC(C)C)CC1. The molecule has 9 nitrogen and oxygen atoms in total. The van der Waals surface area contributed by atoms with Gasteiger partial charge in [0.2, 0.25) is 0 Å². The van der Waals surface area contributed by atoms with Gasteiger partial charge in [-0.25, -0.2) is 9.59 Å². The number of rotatable bonds is 14. The average Bonchev–Trinajstić information content (AvgIpc) is 2.95. The van der Waals surface area contributed by atoms with E-state index in [4.69, 9.17) is 21.1 Å². The molecule has 0 spiro atoms. The highest BCUT2D eigenvalue weighted by Gasteiger charge is 2.31. The zero-order chi connectivity index (χ0) is 32.2. The van der Waals surface area contributed by atoms with Gasteiger partial charge in [0.15, 0.2) is 0 Å². The van der Waals surface area contributed by atoms with Gasteiger partial charge in [0, 0.05) is 50.5 Å². The largest absolute Gasteiger partial charge is 0.449 e. The molecular weight excluding hydrogens is 566 g/mol. The van der Waals surface area contributed by atoms with Crippen molar-refractivity contribution < 1.29 is 19.1 Å². The number of nitrogens with one attached hydrogen (secondary N) is 2. The summed E-state index contributed by atoms with van der Waals surface area (Å²) < 4.78 is 11.1. The van der Waals surface area contributed by atoms with Crippen LogP contribution in [0.2, 0.25) is 5.02 Å². The molecule has 0 aliphatic carbocycles. The van der Waals surface area contributed by atoms with Gasteiger partial charge in [0.05, 0.1) is 19.0 Å². The molecule has 2 rings (SSSR count). The van der Waals surface area contributed by atoms with Gasteiger partial charge in [0.25, 0.3) is 0 Å². The van der Waals surface area contributed by atoms with Crippen molar-refractivity contribution in [3.63, 3.8) is 0 Å². The van der Waals surface area contributed by atoms with Crippen molar-refractivity contribution in [1.82, 2.24) is 20.4 Å². The van der Waals surface area contributed by atoms with E-state index < -0.39 is 17.7 Å². The predicted molar refractivity (Wildman–Crippen MR) is 176 cm³/mol. The number of amides is 2. The summed E-state index contributed by atoms with van der Waals surface area (Å²) in [5.74, 6) is 0.283. The van der Waals surface area contributed by atoms with Crippen molar-refractivity contribution in [3.8, 4) is 0 Å². The number of benzene rings is 1. The van der Waals surface area contributed by atoms with Crippen LogP contribution in [0.25, 0.3) is 5.57 Å². The van der Waals surface area contributed by atoms with Crippen LogP contribution in [0.15, 0.2) is 54.2 Å². The lowest BCUT2D eigenvalue weighted by molar-refractivity contribution is 0.0360. The number of ether oxygens (including phenoxy) is 2. The summed E-state index contributed by atoms with van der Waals surface area (Å²) in [6.07, 6.45) is 5.58. The second-order valence-corrected chi connectivity index (χ2v) is 12.4. The fourth-order valence-corrected chi connectivity index (χ4v) is 4.75. The van der Waals surface area contributed by atoms with Gasteiger partial charge in [-0.15, -0.1) is 6.58 Å². The molecule has 0 unspecified atom stereocenters. The van der Waals surface area contributed by atoms with E-state index in [1.807, 2.05) is 59.7 Å². The standard InChI is InChI=1S/C33H50ClN5O4/c1-10-33(7,8)43-31(40)37-29(13-14-36-22-35-9)25(6)28-20-26(34)11-12-27(28)30(19-23(2)3)38-15-17-39(18-16-38)32(41)42-21-24(4)5/h11-14,20,22,24,29-30H,2,6,10,15-19,21H2,1,3-5,7-9H3,(H,35,36)(H,37,40)/b14-13+/t29-,30+/m0/s1. The Kier molecular flexibility index (Phi) is 14.3. The number of carbonyl (C=O) groups is 2. The van der Waals surface area contributed by atoms with Crippen LogP contribution in [0.4, 0.5) is 9.59 Å². The third-order valence-electron chi connectivity index (χ3n) is 7.27. The van der Waals surface area contributed by atoms with E-state index >= 15 is 0 Å². The third kappa shape index (κ3) is 11.7. The van der Waals surface area contributed by atoms with Gasteiger partial charge in [-0.05, 0) is 74.4 Å². The van der Waals surface area contributed by atoms with Gasteiger partial charge in [-0.2, -0.15) is 0 Å². The van der Waals surface area contributed by atoms with Gasteiger partial charge in [-0.3, -0.25) is 9.89 Å². The second-order valence-electron chi connectivity index (χ2n) is 12.0. The number of hydrogen-bond acceptors (Lipinski definition) is 6. The van der Waals surface area contributed by atoms with Gasteiger partial charge in [0.1, 0.15) is 5.60 Å². The Balaban J connectivity index is 2.40. The van der Waals surface area contributed by atoms with E-state index in [1.54, 1.807) is 30.6 Å². The van der Waals surface area contributed by atoms with Crippen molar-refractivity contribution in [2.45, 2.75) is 72.1 Å². The Morgan fingerprint density at radius 2 is 1.86 bits per heavy atom. The van der Waals surface area contributed by atoms with Crippen LogP contribution in [-0.2, 0) is 9.47 Å². The smallest absolute Gasteiger partial charge is 0.409 e. The van der Waals surface area contributed by atoms with E-state index in [1.165, 1.54) is 0 Å². The first-order valence-electron chi connectivity index (χ1n) is 14.9. The molecule has 0 aromatic heterocycles. The highest BCUT2D eigenvalue weighted by molar-refractivity contribution is 6.30. The summed E-state index contributed by atoms with van der Waals surface area (Å²) in [6, 6.07) is 5.12. The molecular formula is C33H50ClN5O4. The minimum atomic E-state index is -0.621. The molecule has 2 atom stereocenters. The number of hydrogen-bond donors (Lipinski definition) is 2. The maximum Gasteiger partial charge on any atom is 0.409 e. The minimum Gasteiger partial charge on any atom is -0.449 e. The first kappa shape index (κ1) is 35.9. The average molecular weight is 616 g/mol. The van der Waals surface area contributed by atoms with Crippen molar-refractivity contribution in [1.29, 1.82) is 0 Å². The highest BCUT2D eigenvalue weighted by Crippen LogP contribution is 2.36. The molecule has 1 aliphatic heterocycles. The van der Waals surface area contributed by atoms with Crippen molar-refractivity contribution >= 4 is 35.7 Å². The molecule has 2 N–H and O–H groups in total. The zero-order valence-electron chi connectivity index (χ0n) is 26.9. The van der Waals surface area contributed by atoms with E-state index in [2.05, 4.69) is 33.7 Å². The Hall–Kier alpha value is -3.30. The van der Waals surface area contributed by atoms with Crippen LogP contribution in [0, 0.1) is 5.92 Å². The summed E-state index contributed by atoms with van der Waals surface area (Å²) in [7, 11) is 1.66. The lowest BCUT2D eigenvalue weighted by Crippen LogP contribution is -2.50. The minimum absolute atomic E-state index is 0.0451. The van der Waals surface area contributed by atoms with E-state index in [9.17, 15) is 9.59 Å². The number of piperazine rings is 1. The first-order chi connectivity index (χ1) is 20.3. The normalized spacial score (nSPS) is 15.9. The fourth-order valence-electron chi connectivity index (χ4n) is 4.58. The maximum atomic E-state index is 13.0. The van der Waals surface area contributed by atoms with Crippen LogP contribution in [0.3, 0.4) is 0 Å². The number of aliphatic imine (C=N–C) groups is 1. The molecule has 1 aliphatic rings. The molecule has 1 heterocycles. The number of alkyl carbamates (subject to hydrolysis) is 1. The topological polar surface area (TPSA) is 95.5 Å². The van der Waals surface area contributed by atoms with Crippen molar-refractivity contribution in [2.24, 2.45) is 10.9 Å². The summed E-state index contributed by atoms with van der Waals surface area (Å²) >= 11 is 6.53. The first-order valence-corrected chi connectivity index (χ1v) is 15.3. The molecule has 2 amide bonds. The van der Waals surface area contributed by atoms with Crippen LogP contribution >= 0.6 is 11.6 Å². The van der Waals surface area contributed by atoms with Crippen molar-refractivity contribution in [2.75, 3.05) is 39.8 Å². The molecule has 0 bridgehead atoms.